The molecule has 0 aliphatic heterocycles. The lowest BCUT2D eigenvalue weighted by Crippen LogP contribution is -2.15. The van der Waals surface area contributed by atoms with E-state index in [0.29, 0.717) is 6.04 Å². The Balaban J connectivity index is 1.80. The summed E-state index contributed by atoms with van der Waals surface area (Å²) in [5.41, 5.74) is 2.98. The van der Waals surface area contributed by atoms with Crippen molar-refractivity contribution >= 4 is 0 Å². The molecule has 0 atom stereocenters. The summed E-state index contributed by atoms with van der Waals surface area (Å²) in [5, 5.41) is 3.45. The van der Waals surface area contributed by atoms with E-state index >= 15 is 0 Å². The molecule has 0 radical (unpaired) electrons. The van der Waals surface area contributed by atoms with E-state index in [1.807, 2.05) is 12.3 Å². The second-order valence-electron chi connectivity index (χ2n) is 4.75. The van der Waals surface area contributed by atoms with Crippen LogP contribution < -0.4 is 5.32 Å². The Bertz CT molecular complexity index is 550. The van der Waals surface area contributed by atoms with Gasteiger partial charge >= 0.3 is 0 Å². The minimum atomic E-state index is -0.214. The third-order valence-corrected chi connectivity index (χ3v) is 3.13. The molecule has 92 valence electrons. The molecule has 2 nitrogen and oxygen atoms in total. The van der Waals surface area contributed by atoms with Crippen LogP contribution in [0.15, 0.2) is 42.7 Å². The van der Waals surface area contributed by atoms with Crippen molar-refractivity contribution in [3.05, 3.63) is 54.1 Å². The highest BCUT2D eigenvalue weighted by atomic mass is 19.1. The Morgan fingerprint density at radius 1 is 1.17 bits per heavy atom. The van der Waals surface area contributed by atoms with Crippen molar-refractivity contribution in [3.8, 4) is 11.1 Å². The van der Waals surface area contributed by atoms with Crippen molar-refractivity contribution in [1.82, 2.24) is 10.3 Å². The van der Waals surface area contributed by atoms with Crippen LogP contribution in [0, 0.1) is 5.82 Å². The minimum Gasteiger partial charge on any atom is -0.310 e. The summed E-state index contributed by atoms with van der Waals surface area (Å²) in [6, 6.07) is 9.36. The summed E-state index contributed by atoms with van der Waals surface area (Å²) in [6.07, 6.45) is 6.18. The highest BCUT2D eigenvalue weighted by molar-refractivity contribution is 5.62. The molecule has 0 saturated heterocycles. The molecule has 1 fully saturated rings. The summed E-state index contributed by atoms with van der Waals surface area (Å²) in [5.74, 6) is -0.214. The molecule has 1 aromatic heterocycles. The maximum atomic E-state index is 13.2. The molecule has 2 aromatic rings. The molecule has 18 heavy (non-hydrogen) atoms. The van der Waals surface area contributed by atoms with Gasteiger partial charge < -0.3 is 5.32 Å². The van der Waals surface area contributed by atoms with Gasteiger partial charge in [0, 0.05) is 30.5 Å². The Morgan fingerprint density at radius 3 is 2.83 bits per heavy atom. The molecular formula is C15H15FN2. The Morgan fingerprint density at radius 2 is 2.06 bits per heavy atom. The molecule has 0 amide bonds. The predicted molar refractivity (Wildman–Crippen MR) is 69.5 cm³/mol. The molecular weight excluding hydrogens is 227 g/mol. The number of nitrogens with one attached hydrogen (secondary N) is 1. The van der Waals surface area contributed by atoms with Gasteiger partial charge in [0.1, 0.15) is 5.82 Å². The van der Waals surface area contributed by atoms with Crippen LogP contribution in [-0.2, 0) is 6.54 Å². The quantitative estimate of drug-likeness (QED) is 0.891. The summed E-state index contributed by atoms with van der Waals surface area (Å²) in [6.45, 7) is 0.834. The highest BCUT2D eigenvalue weighted by Gasteiger charge is 2.19. The lowest BCUT2D eigenvalue weighted by molar-refractivity contribution is 0.628. The van der Waals surface area contributed by atoms with Crippen LogP contribution in [0.3, 0.4) is 0 Å². The Hall–Kier alpha value is -1.74. The normalized spacial score (nSPS) is 14.7. The van der Waals surface area contributed by atoms with Crippen LogP contribution >= 0.6 is 0 Å². The van der Waals surface area contributed by atoms with Gasteiger partial charge in [0.2, 0.25) is 0 Å². The van der Waals surface area contributed by atoms with Gasteiger partial charge in [-0.1, -0.05) is 12.1 Å². The fourth-order valence-corrected chi connectivity index (χ4v) is 1.96. The first-order chi connectivity index (χ1) is 8.81. The summed E-state index contributed by atoms with van der Waals surface area (Å²) >= 11 is 0. The van der Waals surface area contributed by atoms with E-state index in [1.165, 1.54) is 25.0 Å². The van der Waals surface area contributed by atoms with Crippen molar-refractivity contribution in [3.63, 3.8) is 0 Å². The van der Waals surface area contributed by atoms with Gasteiger partial charge in [0.15, 0.2) is 0 Å². The monoisotopic (exact) mass is 242 g/mol. The molecule has 0 bridgehead atoms. The van der Waals surface area contributed by atoms with Crippen molar-refractivity contribution in [1.29, 1.82) is 0 Å². The molecule has 1 heterocycles. The second kappa shape index (κ2) is 4.86. The van der Waals surface area contributed by atoms with E-state index in [9.17, 15) is 4.39 Å². The zero-order valence-corrected chi connectivity index (χ0v) is 10.1. The van der Waals surface area contributed by atoms with Crippen molar-refractivity contribution in [2.24, 2.45) is 0 Å². The van der Waals surface area contributed by atoms with Gasteiger partial charge in [0.05, 0.1) is 0 Å². The average molecular weight is 242 g/mol. The van der Waals surface area contributed by atoms with Gasteiger partial charge in [0.25, 0.3) is 0 Å². The van der Waals surface area contributed by atoms with Gasteiger partial charge in [-0.2, -0.15) is 0 Å². The Kier molecular flexibility index (Phi) is 3.07. The summed E-state index contributed by atoms with van der Waals surface area (Å²) in [7, 11) is 0. The molecule has 3 heteroatoms. The first-order valence-corrected chi connectivity index (χ1v) is 6.24. The van der Waals surface area contributed by atoms with Crippen LogP contribution in [0.4, 0.5) is 4.39 Å². The number of rotatable bonds is 4. The number of hydrogen-bond donors (Lipinski definition) is 1. The lowest BCUT2D eigenvalue weighted by Gasteiger charge is -2.06. The maximum Gasteiger partial charge on any atom is 0.123 e. The fraction of sp³-hybridized carbons (Fsp3) is 0.267. The van der Waals surface area contributed by atoms with Crippen LogP contribution in [-0.4, -0.2) is 11.0 Å². The SMILES string of the molecule is Fc1cccc(-c2cncc(CNC3CC3)c2)c1. The Labute approximate surface area is 106 Å². The van der Waals surface area contributed by atoms with E-state index < -0.39 is 0 Å². The molecule has 1 aliphatic rings. The zero-order valence-electron chi connectivity index (χ0n) is 10.1. The van der Waals surface area contributed by atoms with E-state index in [0.717, 1.165) is 23.2 Å². The zero-order chi connectivity index (χ0) is 12.4. The first-order valence-electron chi connectivity index (χ1n) is 6.24. The molecule has 1 saturated carbocycles. The third kappa shape index (κ3) is 2.74. The van der Waals surface area contributed by atoms with Crippen molar-refractivity contribution < 1.29 is 4.39 Å². The molecule has 1 aliphatic carbocycles. The second-order valence-corrected chi connectivity index (χ2v) is 4.75. The largest absolute Gasteiger partial charge is 0.310 e. The number of pyridine rings is 1. The third-order valence-electron chi connectivity index (χ3n) is 3.13. The van der Waals surface area contributed by atoms with Gasteiger partial charge in [-0.15, -0.1) is 0 Å². The molecule has 0 spiro atoms. The van der Waals surface area contributed by atoms with Gasteiger partial charge in [-0.3, -0.25) is 4.98 Å². The first kappa shape index (κ1) is 11.4. The van der Waals surface area contributed by atoms with Crippen LogP contribution in [0.2, 0.25) is 0 Å². The maximum absolute atomic E-state index is 13.2. The number of aromatic nitrogens is 1. The molecule has 0 unspecified atom stereocenters. The van der Waals surface area contributed by atoms with E-state index in [-0.39, 0.29) is 5.82 Å². The smallest absolute Gasteiger partial charge is 0.123 e. The lowest BCUT2D eigenvalue weighted by atomic mass is 10.1. The number of halogens is 1. The van der Waals surface area contributed by atoms with E-state index in [4.69, 9.17) is 0 Å². The summed E-state index contributed by atoms with van der Waals surface area (Å²) < 4.78 is 13.2. The topological polar surface area (TPSA) is 24.9 Å². The fourth-order valence-electron chi connectivity index (χ4n) is 1.96. The van der Waals surface area contributed by atoms with Gasteiger partial charge in [-0.25, -0.2) is 4.39 Å². The standard InChI is InChI=1S/C15H15FN2/c16-14-3-1-2-12(7-14)13-6-11(8-17-10-13)9-18-15-4-5-15/h1-3,6-8,10,15,18H,4-5,9H2. The number of nitrogens with zero attached hydrogens (tertiary/aromatic N) is 1. The van der Waals surface area contributed by atoms with E-state index in [2.05, 4.69) is 16.4 Å². The van der Waals surface area contributed by atoms with Crippen LogP contribution in [0.25, 0.3) is 11.1 Å². The van der Waals surface area contributed by atoms with Crippen LogP contribution in [0.1, 0.15) is 18.4 Å². The average Bonchev–Trinajstić information content (AvgIpc) is 3.21. The number of hydrogen-bond acceptors (Lipinski definition) is 2. The molecule has 1 N–H and O–H groups in total. The van der Waals surface area contributed by atoms with Gasteiger partial charge in [-0.05, 0) is 42.2 Å². The predicted octanol–water partition coefficient (Wildman–Crippen LogP) is 3.14. The highest BCUT2D eigenvalue weighted by Crippen LogP contribution is 2.22. The van der Waals surface area contributed by atoms with Crippen LogP contribution in [0.5, 0.6) is 0 Å². The van der Waals surface area contributed by atoms with Crippen molar-refractivity contribution in [2.75, 3.05) is 0 Å². The minimum absolute atomic E-state index is 0.214. The molecule has 1 aromatic carbocycles. The number of benzene rings is 1. The van der Waals surface area contributed by atoms with Crippen molar-refractivity contribution in [2.45, 2.75) is 25.4 Å². The molecule has 3 rings (SSSR count). The summed E-state index contributed by atoms with van der Waals surface area (Å²) in [4.78, 5) is 4.23. The van der Waals surface area contributed by atoms with E-state index in [1.54, 1.807) is 12.3 Å².